The third-order valence-corrected chi connectivity index (χ3v) is 6.90. The molecular formula is C26H20I2N2O5. The molecule has 9 heteroatoms. The zero-order valence-corrected chi connectivity index (χ0v) is 23.1. The van der Waals surface area contributed by atoms with Crippen LogP contribution in [-0.2, 0) is 16.1 Å². The molecule has 0 aromatic heterocycles. The summed E-state index contributed by atoms with van der Waals surface area (Å²) in [6.45, 7) is 4.52. The van der Waals surface area contributed by atoms with Crippen LogP contribution in [0.15, 0.2) is 71.4 Å². The zero-order chi connectivity index (χ0) is 25.1. The van der Waals surface area contributed by atoms with Crippen LogP contribution in [0.25, 0.3) is 6.08 Å². The van der Waals surface area contributed by atoms with E-state index in [0.29, 0.717) is 17.6 Å². The largest absolute Gasteiger partial charge is 0.487 e. The molecule has 7 nitrogen and oxygen atoms in total. The normalized spacial score (nSPS) is 14.3. The fourth-order valence-corrected chi connectivity index (χ4v) is 5.50. The molecule has 0 atom stereocenters. The van der Waals surface area contributed by atoms with Crippen LogP contribution in [0.5, 0.6) is 5.75 Å². The van der Waals surface area contributed by atoms with Crippen molar-refractivity contribution < 1.29 is 19.2 Å². The fraction of sp³-hybridized carbons (Fsp3) is 0.154. The molecule has 1 heterocycles. The van der Waals surface area contributed by atoms with E-state index in [1.807, 2.05) is 36.4 Å². The number of carbonyl (C=O) groups is 1. The topological polar surface area (TPSA) is 91.0 Å². The monoisotopic (exact) mass is 694 g/mol. The number of rotatable bonds is 7. The van der Waals surface area contributed by atoms with Gasteiger partial charge in [0.15, 0.2) is 5.70 Å². The minimum absolute atomic E-state index is 0.0409. The number of nitrogens with zero attached hydrogens (tertiary/aromatic N) is 2. The predicted octanol–water partition coefficient (Wildman–Crippen LogP) is 6.85. The molecule has 1 aliphatic rings. The van der Waals surface area contributed by atoms with Crippen molar-refractivity contribution >= 4 is 68.8 Å². The molecule has 0 unspecified atom stereocenters. The first-order valence-electron chi connectivity index (χ1n) is 10.7. The van der Waals surface area contributed by atoms with E-state index in [9.17, 15) is 14.9 Å². The summed E-state index contributed by atoms with van der Waals surface area (Å²) in [5.41, 5.74) is 3.86. The molecule has 0 amide bonds. The lowest BCUT2D eigenvalue weighted by Crippen LogP contribution is -2.05. The maximum absolute atomic E-state index is 12.4. The number of nitro groups is 1. The van der Waals surface area contributed by atoms with Gasteiger partial charge in [-0.05, 0) is 110 Å². The summed E-state index contributed by atoms with van der Waals surface area (Å²) in [7, 11) is 0. The Balaban J connectivity index is 1.50. The van der Waals surface area contributed by atoms with Gasteiger partial charge >= 0.3 is 5.97 Å². The van der Waals surface area contributed by atoms with Crippen molar-refractivity contribution in [2.45, 2.75) is 26.4 Å². The molecule has 4 rings (SSSR count). The summed E-state index contributed by atoms with van der Waals surface area (Å²) in [6.07, 6.45) is 1.70. The Kier molecular flexibility index (Phi) is 7.85. The van der Waals surface area contributed by atoms with Gasteiger partial charge in [0, 0.05) is 17.7 Å². The zero-order valence-electron chi connectivity index (χ0n) is 18.8. The summed E-state index contributed by atoms with van der Waals surface area (Å²) in [5.74, 6) is 0.925. The fourth-order valence-electron chi connectivity index (χ4n) is 3.37. The van der Waals surface area contributed by atoms with Crippen molar-refractivity contribution in [3.63, 3.8) is 0 Å². The number of ether oxygens (including phenoxy) is 2. The standard InChI is InChI=1S/C26H20I2N2O5/c1-15(2)18-5-7-19(8-6-18)25-29-23(26(31)35-25)13-17-11-21(27)24(22(28)12-17)34-14-16-3-9-20(10-4-16)30(32)33/h3-13,15H,14H2,1-2H3. The Morgan fingerprint density at radius 3 is 2.26 bits per heavy atom. The van der Waals surface area contributed by atoms with E-state index < -0.39 is 10.9 Å². The van der Waals surface area contributed by atoms with Gasteiger partial charge in [-0.25, -0.2) is 9.79 Å². The van der Waals surface area contributed by atoms with Crippen molar-refractivity contribution in [2.24, 2.45) is 4.99 Å². The maximum atomic E-state index is 12.4. The first-order valence-corrected chi connectivity index (χ1v) is 12.8. The number of halogens is 2. The van der Waals surface area contributed by atoms with Crippen LogP contribution in [-0.4, -0.2) is 16.8 Å². The second-order valence-electron chi connectivity index (χ2n) is 8.14. The number of hydrogen-bond acceptors (Lipinski definition) is 6. The number of non-ortho nitro benzene ring substituents is 1. The molecule has 0 N–H and O–H groups in total. The highest BCUT2D eigenvalue weighted by Crippen LogP contribution is 2.31. The average Bonchev–Trinajstić information content (AvgIpc) is 3.19. The van der Waals surface area contributed by atoms with Gasteiger partial charge in [0.1, 0.15) is 12.4 Å². The van der Waals surface area contributed by atoms with Gasteiger partial charge in [-0.15, -0.1) is 0 Å². The van der Waals surface area contributed by atoms with Crippen molar-refractivity contribution in [3.05, 3.63) is 106 Å². The Labute approximate surface area is 229 Å². The summed E-state index contributed by atoms with van der Waals surface area (Å²) in [6, 6.07) is 17.9. The number of aliphatic imine (C=N–C) groups is 1. The SMILES string of the molecule is CC(C)c1ccc(C2=NC(=Cc3cc(I)c(OCc4ccc([N+](=O)[O-])cc4)c(I)c3)C(=O)O2)cc1. The van der Waals surface area contributed by atoms with Crippen LogP contribution >= 0.6 is 45.2 Å². The average molecular weight is 694 g/mol. The van der Waals surface area contributed by atoms with Gasteiger partial charge in [-0.1, -0.05) is 26.0 Å². The third kappa shape index (κ3) is 6.07. The molecule has 3 aromatic rings. The van der Waals surface area contributed by atoms with Gasteiger partial charge in [-0.3, -0.25) is 10.1 Å². The Morgan fingerprint density at radius 2 is 1.69 bits per heavy atom. The first kappa shape index (κ1) is 25.3. The summed E-state index contributed by atoms with van der Waals surface area (Å²) in [4.78, 5) is 27.2. The highest BCUT2D eigenvalue weighted by atomic mass is 127. The van der Waals surface area contributed by atoms with E-state index in [1.165, 1.54) is 17.7 Å². The number of esters is 1. The maximum Gasteiger partial charge on any atom is 0.363 e. The lowest BCUT2D eigenvalue weighted by molar-refractivity contribution is -0.384. The summed E-state index contributed by atoms with van der Waals surface area (Å²) < 4.78 is 13.1. The van der Waals surface area contributed by atoms with Gasteiger partial charge in [0.05, 0.1) is 12.1 Å². The molecule has 0 fully saturated rings. The Bertz CT molecular complexity index is 1320. The number of benzene rings is 3. The molecule has 0 aliphatic carbocycles. The lowest BCUT2D eigenvalue weighted by atomic mass is 10.0. The molecule has 1 aliphatic heterocycles. The van der Waals surface area contributed by atoms with Gasteiger partial charge in [-0.2, -0.15) is 0 Å². The molecule has 35 heavy (non-hydrogen) atoms. The quantitative estimate of drug-likeness (QED) is 0.0888. The van der Waals surface area contributed by atoms with Crippen LogP contribution in [0, 0.1) is 17.3 Å². The minimum Gasteiger partial charge on any atom is -0.487 e. The van der Waals surface area contributed by atoms with Crippen molar-refractivity contribution in [3.8, 4) is 5.75 Å². The number of nitro benzene ring substituents is 1. The van der Waals surface area contributed by atoms with Gasteiger partial charge in [0.25, 0.3) is 5.69 Å². The number of carbonyl (C=O) groups excluding carboxylic acids is 1. The van der Waals surface area contributed by atoms with Gasteiger partial charge < -0.3 is 9.47 Å². The first-order chi connectivity index (χ1) is 16.7. The van der Waals surface area contributed by atoms with Crippen molar-refractivity contribution in [1.29, 1.82) is 0 Å². The highest BCUT2D eigenvalue weighted by molar-refractivity contribution is 14.1. The van der Waals surface area contributed by atoms with Crippen LogP contribution in [0.3, 0.4) is 0 Å². The van der Waals surface area contributed by atoms with Crippen molar-refractivity contribution in [2.75, 3.05) is 0 Å². The molecule has 0 bridgehead atoms. The molecule has 0 saturated heterocycles. The van der Waals surface area contributed by atoms with E-state index in [4.69, 9.17) is 9.47 Å². The van der Waals surface area contributed by atoms with Crippen LogP contribution < -0.4 is 4.74 Å². The summed E-state index contributed by atoms with van der Waals surface area (Å²) in [5, 5.41) is 10.8. The summed E-state index contributed by atoms with van der Waals surface area (Å²) >= 11 is 4.36. The smallest absolute Gasteiger partial charge is 0.363 e. The molecular weight excluding hydrogens is 674 g/mol. The van der Waals surface area contributed by atoms with E-state index in [-0.39, 0.29) is 18.0 Å². The minimum atomic E-state index is -0.489. The lowest BCUT2D eigenvalue weighted by Gasteiger charge is -2.11. The van der Waals surface area contributed by atoms with Gasteiger partial charge in [0.2, 0.25) is 5.90 Å². The van der Waals surface area contributed by atoms with Crippen LogP contribution in [0.1, 0.15) is 42.0 Å². The van der Waals surface area contributed by atoms with Crippen LogP contribution in [0.4, 0.5) is 5.69 Å². The Morgan fingerprint density at radius 1 is 1.06 bits per heavy atom. The highest BCUT2D eigenvalue weighted by Gasteiger charge is 2.24. The third-order valence-electron chi connectivity index (χ3n) is 5.30. The molecule has 0 spiro atoms. The molecule has 0 radical (unpaired) electrons. The number of hydrogen-bond donors (Lipinski definition) is 0. The number of cyclic esters (lactones) is 1. The molecule has 0 saturated carbocycles. The Hall–Kier alpha value is -2.80. The van der Waals surface area contributed by atoms with E-state index in [2.05, 4.69) is 64.0 Å². The molecule has 178 valence electrons. The second kappa shape index (κ2) is 10.9. The second-order valence-corrected chi connectivity index (χ2v) is 10.5. The van der Waals surface area contributed by atoms with E-state index >= 15 is 0 Å². The predicted molar refractivity (Wildman–Crippen MR) is 150 cm³/mol. The van der Waals surface area contributed by atoms with Crippen LogP contribution in [0.2, 0.25) is 0 Å². The molecule has 3 aromatic carbocycles. The van der Waals surface area contributed by atoms with E-state index in [0.717, 1.165) is 23.8 Å². The van der Waals surface area contributed by atoms with E-state index in [1.54, 1.807) is 18.2 Å². The van der Waals surface area contributed by atoms with Crippen molar-refractivity contribution in [1.82, 2.24) is 0 Å².